The number of ether oxygens (including phenoxy) is 1. The number of hydrazone groups is 1. The van der Waals surface area contributed by atoms with Gasteiger partial charge in [-0.05, 0) is 38.1 Å². The van der Waals surface area contributed by atoms with E-state index in [0.29, 0.717) is 0 Å². The number of benzene rings is 1. The van der Waals surface area contributed by atoms with Crippen LogP contribution in [0.4, 0.5) is 0 Å². The lowest BCUT2D eigenvalue weighted by molar-refractivity contribution is -0.121. The summed E-state index contributed by atoms with van der Waals surface area (Å²) in [6.45, 7) is 3.95. The molecule has 1 aromatic carbocycles. The lowest BCUT2D eigenvalue weighted by atomic mass is 10.2. The van der Waals surface area contributed by atoms with E-state index in [-0.39, 0.29) is 12.5 Å². The molecule has 0 fully saturated rings. The zero-order valence-electron chi connectivity index (χ0n) is 13.5. The molecule has 1 amide bonds. The molecule has 6 heteroatoms. The van der Waals surface area contributed by atoms with Crippen LogP contribution < -0.4 is 10.2 Å². The summed E-state index contributed by atoms with van der Waals surface area (Å²) < 4.78 is 6.89. The summed E-state index contributed by atoms with van der Waals surface area (Å²) in [6, 6.07) is 9.57. The van der Waals surface area contributed by atoms with E-state index in [4.69, 9.17) is 4.74 Å². The molecule has 0 aliphatic rings. The molecule has 0 bridgehead atoms. The van der Waals surface area contributed by atoms with E-state index in [1.807, 2.05) is 50.3 Å². The molecule has 2 rings (SSSR count). The van der Waals surface area contributed by atoms with E-state index >= 15 is 0 Å². The van der Waals surface area contributed by atoms with Gasteiger partial charge in [0.15, 0.2) is 0 Å². The van der Waals surface area contributed by atoms with Crippen LogP contribution in [0.2, 0.25) is 0 Å². The van der Waals surface area contributed by atoms with Gasteiger partial charge in [-0.15, -0.1) is 0 Å². The first-order valence-corrected chi connectivity index (χ1v) is 7.23. The Bertz CT molecular complexity index is 732. The number of carbonyl (C=O) groups excluding carboxylic acids is 1. The van der Waals surface area contributed by atoms with E-state index in [9.17, 15) is 4.79 Å². The predicted molar refractivity (Wildman–Crippen MR) is 90.4 cm³/mol. The van der Waals surface area contributed by atoms with Crippen molar-refractivity contribution in [2.45, 2.75) is 20.4 Å². The molecule has 23 heavy (non-hydrogen) atoms. The maximum Gasteiger partial charge on any atom is 0.261 e. The van der Waals surface area contributed by atoms with Crippen LogP contribution in [-0.2, 0) is 11.3 Å². The second-order valence-electron chi connectivity index (χ2n) is 5.00. The van der Waals surface area contributed by atoms with Crippen LogP contribution in [0.15, 0.2) is 41.5 Å². The standard InChI is InChI=1S/C17H20N4O2/c1-13-11-14(2)21(20-13)12-17(22)19-18-10-6-8-15-7-4-5-9-16(15)23-3/h4-11H,12H2,1-3H3,(H,19,22)/b8-6+,18-10+. The average molecular weight is 312 g/mol. The largest absolute Gasteiger partial charge is 0.496 e. The molecule has 0 saturated carbocycles. The van der Waals surface area contributed by atoms with Gasteiger partial charge in [-0.2, -0.15) is 10.2 Å². The van der Waals surface area contributed by atoms with E-state index < -0.39 is 0 Å². The van der Waals surface area contributed by atoms with Crippen molar-refractivity contribution in [3.05, 3.63) is 53.4 Å². The van der Waals surface area contributed by atoms with Gasteiger partial charge in [0.2, 0.25) is 0 Å². The number of hydrogen-bond donors (Lipinski definition) is 1. The minimum Gasteiger partial charge on any atom is -0.496 e. The molecule has 1 aromatic heterocycles. The Hall–Kier alpha value is -2.89. The summed E-state index contributed by atoms with van der Waals surface area (Å²) in [5.74, 6) is 0.559. The summed E-state index contributed by atoms with van der Waals surface area (Å²) in [5.41, 5.74) is 5.24. The fourth-order valence-electron chi connectivity index (χ4n) is 2.11. The van der Waals surface area contributed by atoms with Crippen molar-refractivity contribution in [2.75, 3.05) is 7.11 Å². The second kappa shape index (κ2) is 7.93. The first kappa shape index (κ1) is 16.5. The Morgan fingerprint density at radius 3 is 2.87 bits per heavy atom. The molecule has 1 N–H and O–H groups in total. The molecule has 1 heterocycles. The van der Waals surface area contributed by atoms with Crippen LogP contribution in [0.3, 0.4) is 0 Å². The predicted octanol–water partition coefficient (Wildman–Crippen LogP) is 2.32. The number of carbonyl (C=O) groups is 1. The van der Waals surface area contributed by atoms with Gasteiger partial charge in [0.1, 0.15) is 12.3 Å². The molecule has 0 saturated heterocycles. The average Bonchev–Trinajstić information content (AvgIpc) is 2.85. The van der Waals surface area contributed by atoms with Crippen LogP contribution in [0, 0.1) is 13.8 Å². The summed E-state index contributed by atoms with van der Waals surface area (Å²) >= 11 is 0. The number of hydrogen-bond acceptors (Lipinski definition) is 4. The number of aromatic nitrogens is 2. The summed E-state index contributed by atoms with van der Waals surface area (Å²) in [5, 5.41) is 8.11. The summed E-state index contributed by atoms with van der Waals surface area (Å²) in [6.07, 6.45) is 5.11. The smallest absolute Gasteiger partial charge is 0.261 e. The zero-order valence-corrected chi connectivity index (χ0v) is 13.5. The van der Waals surface area contributed by atoms with Crippen molar-refractivity contribution in [1.29, 1.82) is 0 Å². The number of para-hydroxylation sites is 1. The van der Waals surface area contributed by atoms with E-state index in [1.165, 1.54) is 6.21 Å². The molecule has 6 nitrogen and oxygen atoms in total. The van der Waals surface area contributed by atoms with Gasteiger partial charge >= 0.3 is 0 Å². The third-order valence-corrected chi connectivity index (χ3v) is 3.16. The SMILES string of the molecule is COc1ccccc1/C=C/C=N/NC(=O)Cn1nc(C)cc1C. The molecule has 0 radical (unpaired) electrons. The van der Waals surface area contributed by atoms with Crippen LogP contribution in [0.5, 0.6) is 5.75 Å². The Morgan fingerprint density at radius 1 is 1.39 bits per heavy atom. The highest BCUT2D eigenvalue weighted by molar-refractivity contribution is 5.81. The van der Waals surface area contributed by atoms with Gasteiger partial charge < -0.3 is 4.74 Å². The molecule has 0 spiro atoms. The molecular weight excluding hydrogens is 292 g/mol. The quantitative estimate of drug-likeness (QED) is 0.657. The Kier molecular flexibility index (Phi) is 5.68. The molecule has 120 valence electrons. The summed E-state index contributed by atoms with van der Waals surface area (Å²) in [7, 11) is 1.62. The second-order valence-corrected chi connectivity index (χ2v) is 5.00. The lowest BCUT2D eigenvalue weighted by Crippen LogP contribution is -2.24. The van der Waals surface area contributed by atoms with Crippen LogP contribution in [-0.4, -0.2) is 29.0 Å². The molecule has 2 aromatic rings. The van der Waals surface area contributed by atoms with Gasteiger partial charge in [0, 0.05) is 17.5 Å². The van der Waals surface area contributed by atoms with Crippen LogP contribution in [0.25, 0.3) is 6.08 Å². The topological polar surface area (TPSA) is 68.5 Å². The minimum atomic E-state index is -0.224. The monoisotopic (exact) mass is 312 g/mol. The third-order valence-electron chi connectivity index (χ3n) is 3.16. The molecular formula is C17H20N4O2. The molecule has 0 aliphatic carbocycles. The number of rotatable bonds is 6. The Balaban J connectivity index is 1.85. The number of nitrogens with zero attached hydrogens (tertiary/aromatic N) is 3. The van der Waals surface area contributed by atoms with Crippen LogP contribution >= 0.6 is 0 Å². The Morgan fingerprint density at radius 2 is 2.17 bits per heavy atom. The first-order valence-electron chi connectivity index (χ1n) is 7.23. The van der Waals surface area contributed by atoms with Gasteiger partial charge in [-0.25, -0.2) is 5.43 Å². The number of methoxy groups -OCH3 is 1. The number of nitrogens with one attached hydrogen (secondary N) is 1. The van der Waals surface area contributed by atoms with Crippen molar-refractivity contribution in [3.63, 3.8) is 0 Å². The number of amides is 1. The molecule has 0 atom stereocenters. The maximum atomic E-state index is 11.8. The van der Waals surface area contributed by atoms with E-state index in [0.717, 1.165) is 22.7 Å². The fourth-order valence-corrected chi connectivity index (χ4v) is 2.11. The minimum absolute atomic E-state index is 0.146. The van der Waals surface area contributed by atoms with Crippen molar-refractivity contribution >= 4 is 18.2 Å². The first-order chi connectivity index (χ1) is 11.1. The number of aryl methyl sites for hydroxylation is 2. The van der Waals surface area contributed by atoms with Gasteiger partial charge in [-0.3, -0.25) is 9.48 Å². The van der Waals surface area contributed by atoms with Crippen molar-refractivity contribution in [3.8, 4) is 5.75 Å². The zero-order chi connectivity index (χ0) is 16.7. The number of allylic oxidation sites excluding steroid dienone is 1. The molecule has 0 unspecified atom stereocenters. The maximum absolute atomic E-state index is 11.8. The highest BCUT2D eigenvalue weighted by atomic mass is 16.5. The van der Waals surface area contributed by atoms with Crippen LogP contribution in [0.1, 0.15) is 17.0 Å². The van der Waals surface area contributed by atoms with E-state index in [1.54, 1.807) is 17.9 Å². The van der Waals surface area contributed by atoms with Crippen molar-refractivity contribution in [1.82, 2.24) is 15.2 Å². The summed E-state index contributed by atoms with van der Waals surface area (Å²) in [4.78, 5) is 11.8. The van der Waals surface area contributed by atoms with E-state index in [2.05, 4.69) is 15.6 Å². The highest BCUT2D eigenvalue weighted by Crippen LogP contribution is 2.18. The van der Waals surface area contributed by atoms with Crippen molar-refractivity contribution < 1.29 is 9.53 Å². The normalized spacial score (nSPS) is 11.3. The highest BCUT2D eigenvalue weighted by Gasteiger charge is 2.05. The third kappa shape index (κ3) is 4.81. The van der Waals surface area contributed by atoms with Gasteiger partial charge in [-0.1, -0.05) is 18.2 Å². The van der Waals surface area contributed by atoms with Gasteiger partial charge in [0.25, 0.3) is 5.91 Å². The Labute approximate surface area is 135 Å². The molecule has 0 aliphatic heterocycles. The fraction of sp³-hybridized carbons (Fsp3) is 0.235. The van der Waals surface area contributed by atoms with Crippen molar-refractivity contribution in [2.24, 2.45) is 5.10 Å². The van der Waals surface area contributed by atoms with Gasteiger partial charge in [0.05, 0.1) is 12.8 Å². The lowest BCUT2D eigenvalue weighted by Gasteiger charge is -2.03.